The minimum Gasteiger partial charge on any atom is -0.427 e. The Labute approximate surface area is 141 Å². The van der Waals surface area contributed by atoms with Crippen LogP contribution in [0.15, 0.2) is 15.3 Å². The third-order valence-corrected chi connectivity index (χ3v) is 6.08. The van der Waals surface area contributed by atoms with Gasteiger partial charge in [-0.05, 0) is 43.7 Å². The highest BCUT2D eigenvalue weighted by atomic mass is 32.2. The van der Waals surface area contributed by atoms with Crippen LogP contribution in [0.5, 0.6) is 0 Å². The number of amides is 1. The van der Waals surface area contributed by atoms with Gasteiger partial charge in [0, 0.05) is 25.3 Å². The van der Waals surface area contributed by atoms with Crippen LogP contribution >= 0.6 is 0 Å². The Morgan fingerprint density at radius 2 is 2.04 bits per heavy atom. The van der Waals surface area contributed by atoms with Crippen LogP contribution in [-0.4, -0.2) is 44.3 Å². The fraction of sp³-hybridized carbons (Fsp3) is 0.647. The maximum absolute atomic E-state index is 12.7. The first-order valence-electron chi connectivity index (χ1n) is 8.36. The molecule has 1 unspecified atom stereocenters. The smallest absolute Gasteiger partial charge is 0.349 e. The number of aryl methyl sites for hydroxylation is 1. The summed E-state index contributed by atoms with van der Waals surface area (Å²) < 4.78 is 28.2. The van der Waals surface area contributed by atoms with Crippen LogP contribution in [0.25, 0.3) is 0 Å². The average Bonchev–Trinajstić information content (AvgIpc) is 2.81. The van der Waals surface area contributed by atoms with Crippen molar-refractivity contribution in [2.45, 2.75) is 38.5 Å². The van der Waals surface area contributed by atoms with Crippen LogP contribution in [0.2, 0.25) is 0 Å². The molecule has 0 aromatic carbocycles. The van der Waals surface area contributed by atoms with Crippen molar-refractivity contribution in [2.75, 3.05) is 25.1 Å². The molecule has 0 N–H and O–H groups in total. The second kappa shape index (κ2) is 6.35. The quantitative estimate of drug-likeness (QED) is 0.823. The fourth-order valence-corrected chi connectivity index (χ4v) is 4.65. The summed E-state index contributed by atoms with van der Waals surface area (Å²) in [4.78, 5) is 26.6. The summed E-state index contributed by atoms with van der Waals surface area (Å²) in [7, 11) is -3.07. The van der Waals surface area contributed by atoms with Crippen LogP contribution in [0.4, 0.5) is 0 Å². The maximum atomic E-state index is 12.7. The number of nitrogens with zero attached hydrogens (tertiary/aromatic N) is 1. The molecule has 1 saturated carbocycles. The topological polar surface area (TPSA) is 84.7 Å². The van der Waals surface area contributed by atoms with E-state index in [2.05, 4.69) is 0 Å². The van der Waals surface area contributed by atoms with Gasteiger partial charge in [0.2, 0.25) is 0 Å². The highest BCUT2D eigenvalue weighted by Crippen LogP contribution is 2.36. The highest BCUT2D eigenvalue weighted by Gasteiger charge is 2.32. The van der Waals surface area contributed by atoms with E-state index in [9.17, 15) is 18.0 Å². The Morgan fingerprint density at radius 1 is 1.33 bits per heavy atom. The molecule has 0 spiro atoms. The summed E-state index contributed by atoms with van der Waals surface area (Å²) >= 11 is 0. The third-order valence-electron chi connectivity index (χ3n) is 5.00. The van der Waals surface area contributed by atoms with Gasteiger partial charge in [-0.25, -0.2) is 13.2 Å². The Balaban J connectivity index is 1.77. The van der Waals surface area contributed by atoms with Crippen molar-refractivity contribution in [1.82, 2.24) is 4.90 Å². The van der Waals surface area contributed by atoms with E-state index in [1.165, 1.54) is 6.26 Å². The van der Waals surface area contributed by atoms with Gasteiger partial charge in [0.15, 0.2) is 0 Å². The zero-order valence-electron chi connectivity index (χ0n) is 14.1. The van der Waals surface area contributed by atoms with Gasteiger partial charge in [-0.1, -0.05) is 6.42 Å². The summed E-state index contributed by atoms with van der Waals surface area (Å²) in [5, 5.41) is 0. The molecule has 132 valence electrons. The van der Waals surface area contributed by atoms with E-state index in [1.54, 1.807) is 11.8 Å². The minimum atomic E-state index is -3.07. The Kier molecular flexibility index (Phi) is 4.55. The highest BCUT2D eigenvalue weighted by molar-refractivity contribution is 7.90. The Bertz CT molecular complexity index is 807. The standard InChI is InChI=1S/C17H23NO5S/c1-11-8-14(13-4-3-5-13)23-17(20)15(11)16(19)18-7-6-12(9-18)10-24(2,21)22/h8,12-13H,3-7,9-10H2,1-2H3. The Morgan fingerprint density at radius 3 is 2.58 bits per heavy atom. The number of hydrogen-bond donors (Lipinski definition) is 0. The van der Waals surface area contributed by atoms with E-state index >= 15 is 0 Å². The van der Waals surface area contributed by atoms with Crippen LogP contribution in [0.3, 0.4) is 0 Å². The summed E-state index contributed by atoms with van der Waals surface area (Å²) in [6, 6.07) is 1.81. The summed E-state index contributed by atoms with van der Waals surface area (Å²) in [6.07, 6.45) is 5.03. The molecule has 24 heavy (non-hydrogen) atoms. The van der Waals surface area contributed by atoms with Gasteiger partial charge in [-0.15, -0.1) is 0 Å². The van der Waals surface area contributed by atoms with Crippen molar-refractivity contribution in [3.63, 3.8) is 0 Å². The van der Waals surface area contributed by atoms with E-state index in [-0.39, 0.29) is 23.1 Å². The lowest BCUT2D eigenvalue weighted by Gasteiger charge is -2.24. The fourth-order valence-electron chi connectivity index (χ4n) is 3.52. The Hall–Kier alpha value is -1.63. The largest absolute Gasteiger partial charge is 0.427 e. The van der Waals surface area contributed by atoms with Crippen molar-refractivity contribution in [3.8, 4) is 0 Å². The number of carbonyl (C=O) groups is 1. The predicted molar refractivity (Wildman–Crippen MR) is 90.0 cm³/mol. The number of rotatable bonds is 4. The second-order valence-corrected chi connectivity index (χ2v) is 9.31. The van der Waals surface area contributed by atoms with Gasteiger partial charge >= 0.3 is 5.63 Å². The molecule has 0 radical (unpaired) electrons. The minimum absolute atomic E-state index is 0.0643. The molecule has 6 nitrogen and oxygen atoms in total. The zero-order valence-corrected chi connectivity index (χ0v) is 14.9. The SMILES string of the molecule is Cc1cc(C2CCC2)oc(=O)c1C(=O)N1CCC(CS(C)(=O)=O)C1. The molecular formula is C17H23NO5S. The van der Waals surface area contributed by atoms with Crippen molar-refractivity contribution >= 4 is 15.7 Å². The van der Waals surface area contributed by atoms with Crippen molar-refractivity contribution < 1.29 is 17.6 Å². The molecule has 3 rings (SSSR count). The van der Waals surface area contributed by atoms with Gasteiger partial charge in [0.1, 0.15) is 21.2 Å². The van der Waals surface area contributed by atoms with Gasteiger partial charge in [-0.2, -0.15) is 0 Å². The number of carbonyl (C=O) groups excluding carboxylic acids is 1. The van der Waals surface area contributed by atoms with Crippen LogP contribution in [0.1, 0.15) is 53.3 Å². The molecule has 1 atom stereocenters. The number of hydrogen-bond acceptors (Lipinski definition) is 5. The van der Waals surface area contributed by atoms with Crippen molar-refractivity contribution in [1.29, 1.82) is 0 Å². The van der Waals surface area contributed by atoms with Crippen LogP contribution in [-0.2, 0) is 9.84 Å². The van der Waals surface area contributed by atoms with E-state index in [0.29, 0.717) is 36.8 Å². The first kappa shape index (κ1) is 17.2. The third kappa shape index (κ3) is 3.55. The second-order valence-electron chi connectivity index (χ2n) is 7.12. The zero-order chi connectivity index (χ0) is 17.5. The molecule has 2 aliphatic rings. The van der Waals surface area contributed by atoms with E-state index in [1.807, 2.05) is 6.07 Å². The molecule has 7 heteroatoms. The molecule has 1 aliphatic carbocycles. The lowest BCUT2D eigenvalue weighted by atomic mass is 9.83. The molecule has 0 bridgehead atoms. The summed E-state index contributed by atoms with van der Waals surface area (Å²) in [6.45, 7) is 2.60. The summed E-state index contributed by atoms with van der Waals surface area (Å²) in [5.41, 5.74) is 0.149. The molecule has 1 aliphatic heterocycles. The normalized spacial score (nSPS) is 21.8. The summed E-state index contributed by atoms with van der Waals surface area (Å²) in [5.74, 6) is 0.636. The van der Waals surface area contributed by atoms with Crippen LogP contribution < -0.4 is 5.63 Å². The van der Waals surface area contributed by atoms with E-state index in [4.69, 9.17) is 4.42 Å². The average molecular weight is 353 g/mol. The molecular weight excluding hydrogens is 330 g/mol. The van der Waals surface area contributed by atoms with Gasteiger partial charge in [0.05, 0.1) is 5.75 Å². The van der Waals surface area contributed by atoms with Crippen molar-refractivity contribution in [3.05, 3.63) is 33.4 Å². The number of sulfone groups is 1. The van der Waals surface area contributed by atoms with Crippen LogP contribution in [0, 0.1) is 12.8 Å². The molecule has 1 amide bonds. The monoisotopic (exact) mass is 353 g/mol. The molecule has 2 fully saturated rings. The van der Waals surface area contributed by atoms with Gasteiger partial charge in [0.25, 0.3) is 5.91 Å². The lowest BCUT2D eigenvalue weighted by Crippen LogP contribution is -2.34. The molecule has 2 heterocycles. The van der Waals surface area contributed by atoms with Gasteiger partial charge in [-0.3, -0.25) is 4.79 Å². The lowest BCUT2D eigenvalue weighted by molar-refractivity contribution is 0.0782. The molecule has 1 aromatic rings. The first-order valence-corrected chi connectivity index (χ1v) is 10.4. The van der Waals surface area contributed by atoms with E-state index < -0.39 is 15.5 Å². The van der Waals surface area contributed by atoms with Crippen molar-refractivity contribution in [2.24, 2.45) is 5.92 Å². The van der Waals surface area contributed by atoms with Gasteiger partial charge < -0.3 is 9.32 Å². The number of likely N-dealkylation sites (tertiary alicyclic amines) is 1. The molecule has 1 saturated heterocycles. The maximum Gasteiger partial charge on any atom is 0.349 e. The molecule has 1 aromatic heterocycles. The first-order chi connectivity index (χ1) is 11.2. The van der Waals surface area contributed by atoms with E-state index in [0.717, 1.165) is 19.3 Å². The predicted octanol–water partition coefficient (Wildman–Crippen LogP) is 1.72.